The number of rotatable bonds is 5. The summed E-state index contributed by atoms with van der Waals surface area (Å²) in [6.45, 7) is 1.97. The molecule has 2 rings (SSSR count). The summed E-state index contributed by atoms with van der Waals surface area (Å²) in [6.07, 6.45) is 4.51. The van der Waals surface area contributed by atoms with Gasteiger partial charge >= 0.3 is 5.97 Å². The van der Waals surface area contributed by atoms with Crippen molar-refractivity contribution in [2.75, 3.05) is 26.0 Å². The average molecular weight is 343 g/mol. The number of ether oxygens (including phenoxy) is 1. The Hall–Kier alpha value is -2.55. The van der Waals surface area contributed by atoms with Gasteiger partial charge < -0.3 is 15.0 Å². The zero-order chi connectivity index (χ0) is 18.4. The smallest absolute Gasteiger partial charge is 0.337 e. The average Bonchev–Trinajstić information content (AvgIpc) is 2.66. The van der Waals surface area contributed by atoms with Gasteiger partial charge in [-0.2, -0.15) is 5.26 Å². The molecule has 6 heteroatoms. The number of hydrogen-bond donors (Lipinski definition) is 1. The number of nitrogens with zero attached hydrogens (tertiary/aromatic N) is 2. The number of benzene rings is 1. The summed E-state index contributed by atoms with van der Waals surface area (Å²) in [6, 6.07) is 7.52. The van der Waals surface area contributed by atoms with Gasteiger partial charge in [0.2, 0.25) is 5.91 Å². The Balaban J connectivity index is 2.06. The van der Waals surface area contributed by atoms with Crippen LogP contribution in [-0.2, 0) is 9.53 Å². The predicted octanol–water partition coefficient (Wildman–Crippen LogP) is 2.88. The van der Waals surface area contributed by atoms with Gasteiger partial charge in [-0.05, 0) is 37.5 Å². The van der Waals surface area contributed by atoms with Gasteiger partial charge in [-0.3, -0.25) is 4.79 Å². The van der Waals surface area contributed by atoms with Crippen molar-refractivity contribution in [1.29, 1.82) is 5.26 Å². The lowest BCUT2D eigenvalue weighted by Gasteiger charge is -2.39. The first-order valence-electron chi connectivity index (χ1n) is 8.54. The molecule has 0 heterocycles. The normalized spacial score (nSPS) is 15.8. The van der Waals surface area contributed by atoms with Crippen LogP contribution in [0.1, 0.15) is 48.0 Å². The van der Waals surface area contributed by atoms with Gasteiger partial charge in [-0.15, -0.1) is 0 Å². The summed E-state index contributed by atoms with van der Waals surface area (Å²) >= 11 is 0. The zero-order valence-corrected chi connectivity index (χ0v) is 15.1. The largest absolute Gasteiger partial charge is 0.465 e. The summed E-state index contributed by atoms with van der Waals surface area (Å²) in [4.78, 5) is 25.8. The lowest BCUT2D eigenvalue weighted by Crippen LogP contribution is -2.51. The highest BCUT2D eigenvalue weighted by Crippen LogP contribution is 2.32. The number of nitriles is 1. The first kappa shape index (κ1) is 18.8. The van der Waals surface area contributed by atoms with E-state index in [1.54, 1.807) is 30.1 Å². The molecule has 1 fully saturated rings. The second kappa shape index (κ2) is 8.02. The third-order valence-corrected chi connectivity index (χ3v) is 4.99. The van der Waals surface area contributed by atoms with E-state index in [4.69, 9.17) is 4.74 Å². The monoisotopic (exact) mass is 343 g/mol. The number of likely N-dealkylation sites (N-methyl/N-ethyl adjacent to an activating group) is 1. The number of amides is 1. The van der Waals surface area contributed by atoms with E-state index in [0.29, 0.717) is 11.3 Å². The van der Waals surface area contributed by atoms with E-state index in [9.17, 15) is 14.9 Å². The Morgan fingerprint density at radius 3 is 2.60 bits per heavy atom. The number of aryl methyl sites for hydroxylation is 1. The minimum Gasteiger partial charge on any atom is -0.465 e. The Labute approximate surface area is 148 Å². The topological polar surface area (TPSA) is 82.4 Å². The van der Waals surface area contributed by atoms with Crippen LogP contribution in [0.2, 0.25) is 0 Å². The van der Waals surface area contributed by atoms with Crippen LogP contribution in [0, 0.1) is 18.3 Å². The number of anilines is 1. The molecule has 1 amide bonds. The number of methoxy groups -OCH3 is 1. The van der Waals surface area contributed by atoms with Gasteiger partial charge in [-0.25, -0.2) is 4.79 Å². The Morgan fingerprint density at radius 1 is 1.32 bits per heavy atom. The molecule has 1 aliphatic rings. The Kier molecular flexibility index (Phi) is 6.02. The fourth-order valence-electron chi connectivity index (χ4n) is 3.24. The number of nitrogens with one attached hydrogen (secondary N) is 1. The van der Waals surface area contributed by atoms with Crippen molar-refractivity contribution in [2.45, 2.75) is 44.6 Å². The van der Waals surface area contributed by atoms with E-state index in [2.05, 4.69) is 11.4 Å². The van der Waals surface area contributed by atoms with Gasteiger partial charge in [0, 0.05) is 12.7 Å². The lowest BCUT2D eigenvalue weighted by molar-refractivity contribution is -0.132. The SMILES string of the molecule is COC(=O)c1ccc(C)c(NCC(=O)N(C)C2(C#N)CCCCC2)c1. The standard InChI is InChI=1S/C19H25N3O3/c1-14-7-8-15(18(24)25-3)11-16(14)21-12-17(23)22(2)19(13-20)9-5-4-6-10-19/h7-8,11,21H,4-6,9-10,12H2,1-3H3. The van der Waals surface area contributed by atoms with Crippen molar-refractivity contribution >= 4 is 17.6 Å². The molecule has 0 spiro atoms. The molecule has 1 aromatic carbocycles. The highest BCUT2D eigenvalue weighted by molar-refractivity contribution is 5.91. The van der Waals surface area contributed by atoms with Crippen LogP contribution in [0.25, 0.3) is 0 Å². The molecular weight excluding hydrogens is 318 g/mol. The molecule has 0 aromatic heterocycles. The molecule has 1 aromatic rings. The van der Waals surface area contributed by atoms with Gasteiger partial charge in [0.05, 0.1) is 25.3 Å². The molecule has 134 valence electrons. The molecular formula is C19H25N3O3. The van der Waals surface area contributed by atoms with Crippen LogP contribution in [0.15, 0.2) is 18.2 Å². The maximum atomic E-state index is 12.6. The van der Waals surface area contributed by atoms with Crippen molar-refractivity contribution in [3.8, 4) is 6.07 Å². The van der Waals surface area contributed by atoms with Crippen molar-refractivity contribution in [2.24, 2.45) is 0 Å². The highest BCUT2D eigenvalue weighted by atomic mass is 16.5. The number of hydrogen-bond acceptors (Lipinski definition) is 5. The first-order valence-corrected chi connectivity index (χ1v) is 8.54. The molecule has 0 atom stereocenters. The van der Waals surface area contributed by atoms with Crippen LogP contribution in [0.4, 0.5) is 5.69 Å². The van der Waals surface area contributed by atoms with Crippen LogP contribution in [0.5, 0.6) is 0 Å². The van der Waals surface area contributed by atoms with E-state index in [1.807, 2.05) is 6.92 Å². The number of esters is 1. The van der Waals surface area contributed by atoms with E-state index < -0.39 is 11.5 Å². The quantitative estimate of drug-likeness (QED) is 0.831. The van der Waals surface area contributed by atoms with Crippen molar-refractivity contribution < 1.29 is 14.3 Å². The predicted molar refractivity (Wildman–Crippen MR) is 95.2 cm³/mol. The van der Waals surface area contributed by atoms with Crippen molar-refractivity contribution in [3.05, 3.63) is 29.3 Å². The number of carbonyl (C=O) groups is 2. The maximum absolute atomic E-state index is 12.6. The second-order valence-electron chi connectivity index (χ2n) is 6.53. The maximum Gasteiger partial charge on any atom is 0.337 e. The summed E-state index contributed by atoms with van der Waals surface area (Å²) in [5, 5.41) is 12.7. The molecule has 1 saturated carbocycles. The van der Waals surface area contributed by atoms with Crippen LogP contribution in [-0.4, -0.2) is 43.0 Å². The van der Waals surface area contributed by atoms with E-state index >= 15 is 0 Å². The fourth-order valence-corrected chi connectivity index (χ4v) is 3.24. The van der Waals surface area contributed by atoms with Gasteiger partial charge in [0.15, 0.2) is 0 Å². The summed E-state index contributed by atoms with van der Waals surface area (Å²) in [7, 11) is 3.04. The van der Waals surface area contributed by atoms with Crippen molar-refractivity contribution in [3.63, 3.8) is 0 Å². The van der Waals surface area contributed by atoms with Crippen molar-refractivity contribution in [1.82, 2.24) is 4.90 Å². The minimum absolute atomic E-state index is 0.0748. The fraction of sp³-hybridized carbons (Fsp3) is 0.526. The highest BCUT2D eigenvalue weighted by Gasteiger charge is 2.38. The molecule has 0 saturated heterocycles. The van der Waals surface area contributed by atoms with Crippen LogP contribution < -0.4 is 5.32 Å². The molecule has 25 heavy (non-hydrogen) atoms. The molecule has 1 N–H and O–H groups in total. The summed E-state index contributed by atoms with van der Waals surface area (Å²) in [5.74, 6) is -0.552. The molecule has 0 bridgehead atoms. The van der Waals surface area contributed by atoms with E-state index in [1.165, 1.54) is 7.11 Å². The Morgan fingerprint density at radius 2 is 2.00 bits per heavy atom. The van der Waals surface area contributed by atoms with E-state index in [-0.39, 0.29) is 12.5 Å². The van der Waals surface area contributed by atoms with Crippen LogP contribution >= 0.6 is 0 Å². The van der Waals surface area contributed by atoms with Crippen LogP contribution in [0.3, 0.4) is 0 Å². The molecule has 0 radical (unpaired) electrons. The van der Waals surface area contributed by atoms with Gasteiger partial charge in [0.25, 0.3) is 0 Å². The molecule has 6 nitrogen and oxygen atoms in total. The zero-order valence-electron chi connectivity index (χ0n) is 15.1. The minimum atomic E-state index is -0.695. The first-order chi connectivity index (χ1) is 11.9. The summed E-state index contributed by atoms with van der Waals surface area (Å²) in [5.41, 5.74) is 1.37. The molecule has 0 aliphatic heterocycles. The lowest BCUT2D eigenvalue weighted by atomic mass is 9.81. The summed E-state index contributed by atoms with van der Waals surface area (Å²) < 4.78 is 4.72. The second-order valence-corrected chi connectivity index (χ2v) is 6.53. The molecule has 1 aliphatic carbocycles. The third-order valence-electron chi connectivity index (χ3n) is 4.99. The molecule has 0 unspecified atom stereocenters. The Bertz CT molecular complexity index is 688. The van der Waals surface area contributed by atoms with Gasteiger partial charge in [-0.1, -0.05) is 25.3 Å². The van der Waals surface area contributed by atoms with Gasteiger partial charge in [0.1, 0.15) is 5.54 Å². The third kappa shape index (κ3) is 4.11. The van der Waals surface area contributed by atoms with E-state index in [0.717, 1.165) is 37.7 Å². The number of carbonyl (C=O) groups excluding carboxylic acids is 2.